The van der Waals surface area contributed by atoms with Crippen molar-refractivity contribution >= 4 is 39.0 Å². The van der Waals surface area contributed by atoms with Gasteiger partial charge in [0.25, 0.3) is 0 Å². The Bertz CT molecular complexity index is 533. The molecule has 1 fully saturated rings. The van der Waals surface area contributed by atoms with E-state index in [0.29, 0.717) is 5.28 Å². The van der Waals surface area contributed by atoms with Crippen molar-refractivity contribution in [3.63, 3.8) is 0 Å². The molecule has 0 saturated heterocycles. The average Bonchev–Trinajstić information content (AvgIpc) is 2.97. The van der Waals surface area contributed by atoms with Crippen LogP contribution in [0.5, 0.6) is 0 Å². The summed E-state index contributed by atoms with van der Waals surface area (Å²) in [5.74, 6) is 1.70. The molecule has 0 unspecified atom stereocenters. The van der Waals surface area contributed by atoms with Gasteiger partial charge in [0.15, 0.2) is 0 Å². The number of hydrogen-bond acceptors (Lipinski definition) is 4. The number of anilines is 1. The van der Waals surface area contributed by atoms with Crippen molar-refractivity contribution in [3.8, 4) is 0 Å². The van der Waals surface area contributed by atoms with Crippen molar-refractivity contribution < 1.29 is 0 Å². The molecular weight excluding hydrogens is 242 g/mol. The third-order valence-corrected chi connectivity index (χ3v) is 3.86. The minimum absolute atomic E-state index is 0.327. The summed E-state index contributed by atoms with van der Waals surface area (Å²) >= 11 is 7.56. The molecule has 1 aliphatic rings. The molecule has 0 aliphatic heterocycles. The summed E-state index contributed by atoms with van der Waals surface area (Å²) in [7, 11) is 0. The van der Waals surface area contributed by atoms with Gasteiger partial charge in [-0.2, -0.15) is 0 Å². The molecule has 0 radical (unpaired) electrons. The lowest BCUT2D eigenvalue weighted by Crippen LogP contribution is -2.05. The summed E-state index contributed by atoms with van der Waals surface area (Å²) in [5.41, 5.74) is 0. The van der Waals surface area contributed by atoms with E-state index in [4.69, 9.17) is 11.6 Å². The molecule has 0 spiro atoms. The molecule has 3 rings (SSSR count). The number of nitrogens with one attached hydrogen (secondary N) is 1. The third kappa shape index (κ3) is 1.99. The maximum Gasteiger partial charge on any atom is 0.225 e. The molecule has 0 amide bonds. The lowest BCUT2D eigenvalue weighted by atomic mass is 10.3. The van der Waals surface area contributed by atoms with Gasteiger partial charge in [0.2, 0.25) is 5.28 Å². The summed E-state index contributed by atoms with van der Waals surface area (Å²) in [6.07, 6.45) is 2.66. The molecular formula is C11H12ClN3S. The van der Waals surface area contributed by atoms with E-state index < -0.39 is 0 Å². The Labute approximate surface area is 103 Å². The molecule has 1 N–H and O–H groups in total. The normalized spacial score (nSPS) is 15.6. The van der Waals surface area contributed by atoms with Crippen molar-refractivity contribution in [2.24, 2.45) is 5.92 Å². The Balaban J connectivity index is 1.98. The Morgan fingerprint density at radius 2 is 2.31 bits per heavy atom. The van der Waals surface area contributed by atoms with Gasteiger partial charge in [-0.05, 0) is 43.4 Å². The number of nitrogens with zero attached hydrogens (tertiary/aromatic N) is 2. The largest absolute Gasteiger partial charge is 0.369 e. The number of rotatable bonds is 3. The first-order chi connectivity index (χ1) is 7.72. The summed E-state index contributed by atoms with van der Waals surface area (Å²) in [6, 6.07) is 2.12. The lowest BCUT2D eigenvalue weighted by molar-refractivity contribution is 0.884. The molecule has 2 aromatic rings. The predicted molar refractivity (Wildman–Crippen MR) is 68.4 cm³/mol. The molecule has 0 aromatic carbocycles. The highest BCUT2D eigenvalue weighted by atomic mass is 35.5. The fraction of sp³-hybridized carbons (Fsp3) is 0.455. The van der Waals surface area contributed by atoms with Crippen molar-refractivity contribution in [1.82, 2.24) is 9.97 Å². The number of thiophene rings is 1. The zero-order chi connectivity index (χ0) is 11.1. The van der Waals surface area contributed by atoms with Crippen molar-refractivity contribution in [3.05, 3.63) is 16.2 Å². The van der Waals surface area contributed by atoms with E-state index in [1.165, 1.54) is 17.7 Å². The van der Waals surface area contributed by atoms with Crippen molar-refractivity contribution in [2.45, 2.75) is 19.8 Å². The first-order valence-electron chi connectivity index (χ1n) is 5.40. The van der Waals surface area contributed by atoms with Gasteiger partial charge in [-0.1, -0.05) is 0 Å². The van der Waals surface area contributed by atoms with E-state index in [0.717, 1.165) is 28.5 Å². The van der Waals surface area contributed by atoms with E-state index in [-0.39, 0.29) is 0 Å². The van der Waals surface area contributed by atoms with Gasteiger partial charge in [0, 0.05) is 11.4 Å². The van der Waals surface area contributed by atoms with Crippen molar-refractivity contribution in [2.75, 3.05) is 11.9 Å². The smallest absolute Gasteiger partial charge is 0.225 e. The van der Waals surface area contributed by atoms with E-state index in [9.17, 15) is 0 Å². The monoisotopic (exact) mass is 253 g/mol. The first-order valence-corrected chi connectivity index (χ1v) is 6.59. The fourth-order valence-electron chi connectivity index (χ4n) is 1.71. The minimum atomic E-state index is 0.327. The summed E-state index contributed by atoms with van der Waals surface area (Å²) in [6.45, 7) is 3.07. The molecule has 3 nitrogen and oxygen atoms in total. The molecule has 2 aromatic heterocycles. The van der Waals surface area contributed by atoms with Gasteiger partial charge >= 0.3 is 0 Å². The highest BCUT2D eigenvalue weighted by molar-refractivity contribution is 7.18. The van der Waals surface area contributed by atoms with Gasteiger partial charge in [-0.3, -0.25) is 0 Å². The van der Waals surface area contributed by atoms with Crippen LogP contribution in [-0.2, 0) is 0 Å². The van der Waals surface area contributed by atoms with E-state index in [1.54, 1.807) is 11.3 Å². The van der Waals surface area contributed by atoms with Crippen LogP contribution in [0.15, 0.2) is 6.07 Å². The Morgan fingerprint density at radius 3 is 3.06 bits per heavy atom. The van der Waals surface area contributed by atoms with E-state index in [1.807, 2.05) is 0 Å². The highest BCUT2D eigenvalue weighted by Gasteiger charge is 2.21. The molecule has 2 heterocycles. The third-order valence-electron chi connectivity index (χ3n) is 2.74. The van der Waals surface area contributed by atoms with Gasteiger partial charge in [0.05, 0.1) is 5.39 Å². The zero-order valence-corrected chi connectivity index (χ0v) is 10.5. The van der Waals surface area contributed by atoms with E-state index in [2.05, 4.69) is 28.3 Å². The topological polar surface area (TPSA) is 37.8 Å². The Kier molecular flexibility index (Phi) is 2.48. The zero-order valence-electron chi connectivity index (χ0n) is 8.96. The summed E-state index contributed by atoms with van der Waals surface area (Å²) in [4.78, 5) is 10.7. The molecule has 16 heavy (non-hydrogen) atoms. The number of aromatic nitrogens is 2. The van der Waals surface area contributed by atoms with Crippen LogP contribution >= 0.6 is 22.9 Å². The van der Waals surface area contributed by atoms with Crippen LogP contribution in [0.3, 0.4) is 0 Å². The van der Waals surface area contributed by atoms with Crippen molar-refractivity contribution in [1.29, 1.82) is 0 Å². The maximum absolute atomic E-state index is 5.91. The molecule has 0 atom stereocenters. The second kappa shape index (κ2) is 3.86. The quantitative estimate of drug-likeness (QED) is 0.851. The Hall–Kier alpha value is -0.870. The fourth-order valence-corrected chi connectivity index (χ4v) is 2.81. The molecule has 84 valence electrons. The number of hydrogen-bond donors (Lipinski definition) is 1. The Morgan fingerprint density at radius 1 is 1.50 bits per heavy atom. The molecule has 1 aliphatic carbocycles. The average molecular weight is 254 g/mol. The van der Waals surface area contributed by atoms with Crippen LogP contribution in [0.4, 0.5) is 5.82 Å². The molecule has 5 heteroatoms. The second-order valence-electron chi connectivity index (χ2n) is 4.24. The van der Waals surface area contributed by atoms with Gasteiger partial charge in [0.1, 0.15) is 10.6 Å². The van der Waals surface area contributed by atoms with Crippen LogP contribution < -0.4 is 5.32 Å². The number of fused-ring (bicyclic) bond motifs is 1. The highest BCUT2D eigenvalue weighted by Crippen LogP contribution is 2.32. The van der Waals surface area contributed by atoms with Crippen LogP contribution in [0.1, 0.15) is 17.7 Å². The number of aryl methyl sites for hydroxylation is 1. The molecule has 0 bridgehead atoms. The van der Waals surface area contributed by atoms with Gasteiger partial charge in [-0.25, -0.2) is 9.97 Å². The first kappa shape index (κ1) is 10.3. The minimum Gasteiger partial charge on any atom is -0.369 e. The van der Waals surface area contributed by atoms with Crippen LogP contribution in [0, 0.1) is 12.8 Å². The summed E-state index contributed by atoms with van der Waals surface area (Å²) in [5, 5.41) is 4.79. The lowest BCUT2D eigenvalue weighted by Gasteiger charge is -2.05. The predicted octanol–water partition coefficient (Wildman–Crippen LogP) is 3.48. The van der Waals surface area contributed by atoms with Gasteiger partial charge in [-0.15, -0.1) is 11.3 Å². The summed E-state index contributed by atoms with van der Waals surface area (Å²) < 4.78 is 0. The van der Waals surface area contributed by atoms with Gasteiger partial charge < -0.3 is 5.32 Å². The number of halogens is 1. The standard InChI is InChI=1S/C11H12ClN3S/c1-6-4-8-9(13-5-7-2-3-7)14-11(12)15-10(8)16-6/h4,7H,2-3,5H2,1H3,(H,13,14,15). The second-order valence-corrected chi connectivity index (χ2v) is 5.81. The van der Waals surface area contributed by atoms with Crippen LogP contribution in [0.2, 0.25) is 5.28 Å². The SMILES string of the molecule is Cc1cc2c(NCC3CC3)nc(Cl)nc2s1. The van der Waals surface area contributed by atoms with Crippen LogP contribution in [-0.4, -0.2) is 16.5 Å². The van der Waals surface area contributed by atoms with Crippen LogP contribution in [0.25, 0.3) is 10.2 Å². The van der Waals surface area contributed by atoms with E-state index >= 15 is 0 Å². The maximum atomic E-state index is 5.91. The molecule has 1 saturated carbocycles.